The summed E-state index contributed by atoms with van der Waals surface area (Å²) < 4.78 is 5.74. The number of piperazine rings is 1. The van der Waals surface area contributed by atoms with Crippen molar-refractivity contribution in [1.82, 2.24) is 15.0 Å². The number of pyridine rings is 1. The number of nitrogens with zero attached hydrogens (tertiary/aromatic N) is 5. The van der Waals surface area contributed by atoms with E-state index in [1.54, 1.807) is 6.33 Å². The number of hydrogen-bond acceptors (Lipinski definition) is 6. The molecule has 2 aromatic heterocycles. The molecule has 1 aliphatic carbocycles. The minimum Gasteiger partial charge on any atom is -0.490 e. The Morgan fingerprint density at radius 2 is 1.72 bits per heavy atom. The Labute approximate surface area is 148 Å². The summed E-state index contributed by atoms with van der Waals surface area (Å²) in [5, 5.41) is 0. The van der Waals surface area contributed by atoms with Crippen LogP contribution in [0.2, 0.25) is 0 Å². The molecule has 132 valence electrons. The van der Waals surface area contributed by atoms with E-state index in [9.17, 15) is 0 Å². The van der Waals surface area contributed by atoms with E-state index in [4.69, 9.17) is 4.74 Å². The largest absolute Gasteiger partial charge is 0.490 e. The van der Waals surface area contributed by atoms with Gasteiger partial charge in [0.05, 0.1) is 6.61 Å². The predicted octanol–water partition coefficient (Wildman–Crippen LogP) is 2.48. The first-order valence-corrected chi connectivity index (χ1v) is 9.27. The zero-order chi connectivity index (χ0) is 17.1. The first-order valence-electron chi connectivity index (χ1n) is 9.27. The summed E-state index contributed by atoms with van der Waals surface area (Å²) in [7, 11) is 0. The molecule has 0 atom stereocenters. The van der Waals surface area contributed by atoms with Crippen LogP contribution in [0.25, 0.3) is 0 Å². The van der Waals surface area contributed by atoms with Crippen LogP contribution in [-0.2, 0) is 12.8 Å². The van der Waals surface area contributed by atoms with E-state index in [1.807, 2.05) is 25.3 Å². The second kappa shape index (κ2) is 7.25. The normalized spacial score (nSPS) is 17.3. The van der Waals surface area contributed by atoms with Gasteiger partial charge in [0.15, 0.2) is 11.6 Å². The molecule has 6 heteroatoms. The summed E-state index contributed by atoms with van der Waals surface area (Å²) in [5.41, 5.74) is 2.62. The van der Waals surface area contributed by atoms with Gasteiger partial charge in [-0.1, -0.05) is 0 Å². The van der Waals surface area contributed by atoms with Gasteiger partial charge >= 0.3 is 0 Å². The highest BCUT2D eigenvalue weighted by Crippen LogP contribution is 2.30. The van der Waals surface area contributed by atoms with Crippen LogP contribution < -0.4 is 14.5 Å². The Bertz CT molecular complexity index is 728. The Morgan fingerprint density at radius 1 is 0.960 bits per heavy atom. The van der Waals surface area contributed by atoms with Crippen molar-refractivity contribution in [3.63, 3.8) is 0 Å². The van der Waals surface area contributed by atoms with Gasteiger partial charge in [0.1, 0.15) is 12.1 Å². The number of hydrogen-bond donors (Lipinski definition) is 0. The highest BCUT2D eigenvalue weighted by molar-refractivity contribution is 5.55. The molecule has 1 saturated heterocycles. The number of fused-ring (bicyclic) bond motifs is 1. The van der Waals surface area contributed by atoms with Crippen molar-refractivity contribution in [2.24, 2.45) is 0 Å². The van der Waals surface area contributed by atoms with Crippen molar-refractivity contribution in [2.45, 2.75) is 32.6 Å². The third-order valence-electron chi connectivity index (χ3n) is 5.03. The molecule has 1 fully saturated rings. The molecule has 4 rings (SSSR count). The zero-order valence-corrected chi connectivity index (χ0v) is 14.8. The lowest BCUT2D eigenvalue weighted by molar-refractivity contribution is 0.338. The van der Waals surface area contributed by atoms with Crippen molar-refractivity contribution < 1.29 is 4.74 Å². The van der Waals surface area contributed by atoms with E-state index in [0.29, 0.717) is 6.61 Å². The smallest absolute Gasteiger partial charge is 0.171 e. The van der Waals surface area contributed by atoms with Crippen LogP contribution in [0.3, 0.4) is 0 Å². The second-order valence-electron chi connectivity index (χ2n) is 6.56. The molecule has 6 nitrogen and oxygen atoms in total. The first kappa shape index (κ1) is 16.1. The summed E-state index contributed by atoms with van der Waals surface area (Å²) in [4.78, 5) is 18.4. The van der Waals surface area contributed by atoms with Crippen LogP contribution in [0.4, 0.5) is 11.6 Å². The Balaban J connectivity index is 1.49. The van der Waals surface area contributed by atoms with Crippen LogP contribution in [-0.4, -0.2) is 47.7 Å². The fourth-order valence-corrected chi connectivity index (χ4v) is 3.79. The van der Waals surface area contributed by atoms with Gasteiger partial charge in [0.25, 0.3) is 0 Å². The Morgan fingerprint density at radius 3 is 2.52 bits per heavy atom. The van der Waals surface area contributed by atoms with Gasteiger partial charge in [-0.05, 0) is 44.7 Å². The molecule has 0 aromatic carbocycles. The maximum atomic E-state index is 5.74. The third-order valence-corrected chi connectivity index (χ3v) is 5.03. The van der Waals surface area contributed by atoms with Gasteiger partial charge < -0.3 is 14.5 Å². The molecule has 3 heterocycles. The van der Waals surface area contributed by atoms with Gasteiger partial charge in [-0.25, -0.2) is 15.0 Å². The maximum Gasteiger partial charge on any atom is 0.171 e. The molecule has 0 bridgehead atoms. The highest BCUT2D eigenvalue weighted by Gasteiger charge is 2.25. The van der Waals surface area contributed by atoms with Gasteiger partial charge in [-0.15, -0.1) is 0 Å². The number of ether oxygens (including phenoxy) is 1. The molecule has 2 aliphatic rings. The van der Waals surface area contributed by atoms with Crippen molar-refractivity contribution >= 4 is 11.6 Å². The number of anilines is 2. The molecule has 0 unspecified atom stereocenters. The summed E-state index contributed by atoms with van der Waals surface area (Å²) in [6.07, 6.45) is 8.27. The monoisotopic (exact) mass is 339 g/mol. The molecular weight excluding hydrogens is 314 g/mol. The van der Waals surface area contributed by atoms with Gasteiger partial charge in [0, 0.05) is 43.6 Å². The average Bonchev–Trinajstić information content (AvgIpc) is 2.68. The van der Waals surface area contributed by atoms with E-state index < -0.39 is 0 Å². The molecule has 0 N–H and O–H groups in total. The lowest BCUT2D eigenvalue weighted by Crippen LogP contribution is -2.47. The summed E-state index contributed by atoms with van der Waals surface area (Å²) in [6, 6.07) is 3.93. The van der Waals surface area contributed by atoms with Gasteiger partial charge in [-0.3, -0.25) is 0 Å². The third kappa shape index (κ3) is 3.25. The van der Waals surface area contributed by atoms with E-state index in [-0.39, 0.29) is 0 Å². The van der Waals surface area contributed by atoms with Crippen LogP contribution in [0.1, 0.15) is 31.0 Å². The zero-order valence-electron chi connectivity index (χ0n) is 14.8. The highest BCUT2D eigenvalue weighted by atomic mass is 16.5. The topological polar surface area (TPSA) is 54.4 Å². The lowest BCUT2D eigenvalue weighted by Gasteiger charge is -2.37. The predicted molar refractivity (Wildman–Crippen MR) is 98.5 cm³/mol. The first-order chi connectivity index (χ1) is 12.4. The molecule has 0 radical (unpaired) electrons. The average molecular weight is 339 g/mol. The molecule has 0 amide bonds. The van der Waals surface area contributed by atoms with Crippen LogP contribution in [0.15, 0.2) is 24.7 Å². The molecule has 1 aliphatic heterocycles. The molecule has 2 aromatic rings. The fraction of sp³-hybridized carbons (Fsp3) is 0.526. The van der Waals surface area contributed by atoms with Gasteiger partial charge in [0.2, 0.25) is 0 Å². The van der Waals surface area contributed by atoms with Crippen molar-refractivity contribution in [1.29, 1.82) is 0 Å². The minimum atomic E-state index is 0.658. The van der Waals surface area contributed by atoms with E-state index >= 15 is 0 Å². The van der Waals surface area contributed by atoms with Crippen molar-refractivity contribution in [2.75, 3.05) is 42.6 Å². The van der Waals surface area contributed by atoms with Crippen molar-refractivity contribution in [3.05, 3.63) is 35.9 Å². The van der Waals surface area contributed by atoms with E-state index in [0.717, 1.165) is 56.4 Å². The Hall–Kier alpha value is -2.37. The molecular formula is C19H25N5O. The summed E-state index contributed by atoms with van der Waals surface area (Å²) in [6.45, 7) is 6.42. The number of rotatable bonds is 4. The van der Waals surface area contributed by atoms with Gasteiger partial charge in [-0.2, -0.15) is 0 Å². The standard InChI is InChI=1S/C19H25N5O/c1-2-25-17-8-5-9-20-19(17)24-12-10-23(11-13-24)18-15-6-3-4-7-16(15)21-14-22-18/h5,8-9,14H,2-4,6-7,10-13H2,1H3. The minimum absolute atomic E-state index is 0.658. The Kier molecular flexibility index (Phi) is 4.68. The quantitative estimate of drug-likeness (QED) is 0.853. The molecule has 0 saturated carbocycles. The maximum absolute atomic E-state index is 5.74. The van der Waals surface area contributed by atoms with E-state index in [2.05, 4.69) is 24.8 Å². The SMILES string of the molecule is CCOc1cccnc1N1CCN(c2ncnc3c2CCCC3)CC1. The number of aromatic nitrogens is 3. The van der Waals surface area contributed by atoms with E-state index in [1.165, 1.54) is 24.1 Å². The molecule has 25 heavy (non-hydrogen) atoms. The summed E-state index contributed by atoms with van der Waals surface area (Å²) in [5.74, 6) is 2.97. The van der Waals surface area contributed by atoms with Crippen LogP contribution in [0, 0.1) is 0 Å². The molecule has 0 spiro atoms. The second-order valence-corrected chi connectivity index (χ2v) is 6.56. The fourth-order valence-electron chi connectivity index (χ4n) is 3.79. The number of aryl methyl sites for hydroxylation is 1. The van der Waals surface area contributed by atoms with Crippen LogP contribution in [0.5, 0.6) is 5.75 Å². The summed E-state index contributed by atoms with van der Waals surface area (Å²) >= 11 is 0. The van der Waals surface area contributed by atoms with Crippen molar-refractivity contribution in [3.8, 4) is 5.75 Å². The lowest BCUT2D eigenvalue weighted by atomic mass is 9.96. The van der Waals surface area contributed by atoms with Crippen LogP contribution >= 0.6 is 0 Å².